The Morgan fingerprint density at radius 2 is 2.00 bits per heavy atom. The van der Waals surface area contributed by atoms with Crippen LogP contribution in [0.2, 0.25) is 0 Å². The van der Waals surface area contributed by atoms with Gasteiger partial charge in [0.1, 0.15) is 0 Å². The maximum atomic E-state index is 13.1. The summed E-state index contributed by atoms with van der Waals surface area (Å²) in [6.45, 7) is 1.66. The number of likely N-dealkylation sites (tertiary alicyclic amines) is 2. The van der Waals surface area contributed by atoms with Crippen LogP contribution < -0.4 is 0 Å². The van der Waals surface area contributed by atoms with Gasteiger partial charge in [0.15, 0.2) is 0 Å². The first-order valence-electron chi connectivity index (χ1n) is 9.38. The van der Waals surface area contributed by atoms with Crippen molar-refractivity contribution in [1.82, 2.24) is 14.8 Å². The summed E-state index contributed by atoms with van der Waals surface area (Å²) in [5.41, 5.74) is 1.80. The minimum atomic E-state index is 0.108. The maximum absolute atomic E-state index is 13.1. The van der Waals surface area contributed by atoms with Gasteiger partial charge in [-0.3, -0.25) is 9.59 Å². The standard InChI is InChI=1S/C20H23N3O2/c24-19-6-5-17-18(23(19)12-13-1-2-13)8-10-22(17)20(25)15-3-4-16-14(11-15)7-9-21-16/h3-4,7,9,11,13,17-18,21H,1-2,5-6,8,10,12H2/t17-,18-/m1/s1. The van der Waals surface area contributed by atoms with Gasteiger partial charge in [-0.1, -0.05) is 0 Å². The monoisotopic (exact) mass is 337 g/mol. The summed E-state index contributed by atoms with van der Waals surface area (Å²) < 4.78 is 0. The number of piperidine rings is 1. The molecular formula is C20H23N3O2. The number of amides is 2. The molecular weight excluding hydrogens is 314 g/mol. The van der Waals surface area contributed by atoms with E-state index >= 15 is 0 Å². The fourth-order valence-electron chi connectivity index (χ4n) is 4.57. The Balaban J connectivity index is 1.39. The van der Waals surface area contributed by atoms with Crippen molar-refractivity contribution in [2.75, 3.05) is 13.1 Å². The van der Waals surface area contributed by atoms with Crippen molar-refractivity contribution in [2.45, 2.75) is 44.2 Å². The normalized spacial score (nSPS) is 26.3. The Bertz CT molecular complexity index is 838. The van der Waals surface area contributed by atoms with Crippen molar-refractivity contribution in [3.8, 4) is 0 Å². The number of aromatic amines is 1. The van der Waals surface area contributed by atoms with E-state index in [0.29, 0.717) is 12.3 Å². The first kappa shape index (κ1) is 15.0. The van der Waals surface area contributed by atoms with Crippen LogP contribution in [0.25, 0.3) is 10.9 Å². The Morgan fingerprint density at radius 3 is 2.84 bits per heavy atom. The van der Waals surface area contributed by atoms with Crippen molar-refractivity contribution >= 4 is 22.7 Å². The molecule has 3 heterocycles. The zero-order chi connectivity index (χ0) is 17.0. The lowest BCUT2D eigenvalue weighted by molar-refractivity contribution is -0.137. The molecule has 0 spiro atoms. The van der Waals surface area contributed by atoms with Crippen LogP contribution >= 0.6 is 0 Å². The fourth-order valence-corrected chi connectivity index (χ4v) is 4.57. The molecule has 5 rings (SSSR count). The van der Waals surface area contributed by atoms with Gasteiger partial charge in [-0.25, -0.2) is 0 Å². The number of hydrogen-bond acceptors (Lipinski definition) is 2. The molecule has 3 aliphatic rings. The lowest BCUT2D eigenvalue weighted by atomic mass is 9.95. The number of carbonyl (C=O) groups excluding carboxylic acids is 2. The van der Waals surface area contributed by atoms with E-state index in [9.17, 15) is 9.59 Å². The highest BCUT2D eigenvalue weighted by Gasteiger charge is 2.46. The summed E-state index contributed by atoms with van der Waals surface area (Å²) in [6.07, 6.45) is 6.70. The molecule has 5 nitrogen and oxygen atoms in total. The molecule has 2 atom stereocenters. The SMILES string of the molecule is O=C1CC[C@@H]2[C@@H](CCN2C(=O)c2ccc3[nH]ccc3c2)N1CC1CC1. The molecule has 0 bridgehead atoms. The van der Waals surface area contributed by atoms with Crippen LogP contribution in [0.5, 0.6) is 0 Å². The minimum Gasteiger partial charge on any atom is -0.361 e. The third-order valence-electron chi connectivity index (χ3n) is 6.10. The Labute approximate surface area is 147 Å². The summed E-state index contributed by atoms with van der Waals surface area (Å²) in [5.74, 6) is 1.09. The second-order valence-electron chi connectivity index (χ2n) is 7.73. The summed E-state index contributed by atoms with van der Waals surface area (Å²) in [4.78, 5) is 32.8. The Hall–Kier alpha value is -2.30. The van der Waals surface area contributed by atoms with Crippen molar-refractivity contribution in [2.24, 2.45) is 5.92 Å². The van der Waals surface area contributed by atoms with Gasteiger partial charge in [-0.15, -0.1) is 0 Å². The van der Waals surface area contributed by atoms with Gasteiger partial charge >= 0.3 is 0 Å². The van der Waals surface area contributed by atoms with E-state index < -0.39 is 0 Å². The molecule has 2 aromatic rings. The molecule has 3 fully saturated rings. The van der Waals surface area contributed by atoms with Crippen LogP contribution in [0.3, 0.4) is 0 Å². The summed E-state index contributed by atoms with van der Waals surface area (Å²) >= 11 is 0. The number of H-pyrrole nitrogens is 1. The summed E-state index contributed by atoms with van der Waals surface area (Å²) in [7, 11) is 0. The molecule has 2 amide bonds. The molecule has 1 saturated carbocycles. The molecule has 1 aromatic carbocycles. The molecule has 2 saturated heterocycles. The number of fused-ring (bicyclic) bond motifs is 2. The van der Waals surface area contributed by atoms with Crippen LogP contribution in [0.15, 0.2) is 30.5 Å². The smallest absolute Gasteiger partial charge is 0.254 e. The largest absolute Gasteiger partial charge is 0.361 e. The van der Waals surface area contributed by atoms with Crippen LogP contribution in [0.1, 0.15) is 42.5 Å². The van der Waals surface area contributed by atoms with Gasteiger partial charge in [0, 0.05) is 42.2 Å². The van der Waals surface area contributed by atoms with Crippen molar-refractivity contribution in [3.63, 3.8) is 0 Å². The molecule has 0 unspecified atom stereocenters. The average Bonchev–Trinajstić information content (AvgIpc) is 3.15. The number of benzene rings is 1. The second-order valence-corrected chi connectivity index (χ2v) is 7.73. The van der Waals surface area contributed by atoms with Crippen LogP contribution in [-0.4, -0.2) is 51.8 Å². The Kier molecular flexibility index (Phi) is 3.37. The molecule has 130 valence electrons. The fraction of sp³-hybridized carbons (Fsp3) is 0.500. The minimum absolute atomic E-state index is 0.108. The molecule has 5 heteroatoms. The van der Waals surface area contributed by atoms with Gasteiger partial charge in [0.25, 0.3) is 5.91 Å². The van der Waals surface area contributed by atoms with Crippen molar-refractivity contribution in [3.05, 3.63) is 36.0 Å². The Morgan fingerprint density at radius 1 is 1.12 bits per heavy atom. The maximum Gasteiger partial charge on any atom is 0.254 e. The zero-order valence-corrected chi connectivity index (χ0v) is 14.3. The van der Waals surface area contributed by atoms with E-state index in [-0.39, 0.29) is 23.9 Å². The second kappa shape index (κ2) is 5.61. The molecule has 1 aliphatic carbocycles. The van der Waals surface area contributed by atoms with Crippen molar-refractivity contribution < 1.29 is 9.59 Å². The van der Waals surface area contributed by atoms with Gasteiger partial charge in [0.2, 0.25) is 5.91 Å². The highest BCUT2D eigenvalue weighted by atomic mass is 16.2. The van der Waals surface area contributed by atoms with Gasteiger partial charge in [-0.2, -0.15) is 0 Å². The highest BCUT2D eigenvalue weighted by Crippen LogP contribution is 2.37. The number of nitrogens with one attached hydrogen (secondary N) is 1. The molecule has 1 N–H and O–H groups in total. The quantitative estimate of drug-likeness (QED) is 0.936. The van der Waals surface area contributed by atoms with E-state index in [0.717, 1.165) is 42.4 Å². The van der Waals surface area contributed by atoms with E-state index in [1.807, 2.05) is 35.4 Å². The lowest BCUT2D eigenvalue weighted by Crippen LogP contribution is -2.53. The van der Waals surface area contributed by atoms with Crippen LogP contribution in [-0.2, 0) is 4.79 Å². The number of hydrogen-bond donors (Lipinski definition) is 1. The third-order valence-corrected chi connectivity index (χ3v) is 6.10. The van der Waals surface area contributed by atoms with Crippen molar-refractivity contribution in [1.29, 1.82) is 0 Å². The predicted octanol–water partition coefficient (Wildman–Crippen LogP) is 2.78. The zero-order valence-electron chi connectivity index (χ0n) is 14.3. The number of nitrogens with zero attached hydrogens (tertiary/aromatic N) is 2. The number of aromatic nitrogens is 1. The summed E-state index contributed by atoms with van der Waals surface area (Å²) in [6, 6.07) is 8.25. The molecule has 2 aliphatic heterocycles. The summed E-state index contributed by atoms with van der Waals surface area (Å²) in [5, 5.41) is 1.07. The first-order valence-corrected chi connectivity index (χ1v) is 9.38. The average molecular weight is 337 g/mol. The van der Waals surface area contributed by atoms with E-state index in [2.05, 4.69) is 9.88 Å². The van der Waals surface area contributed by atoms with Gasteiger partial charge in [-0.05, 0) is 55.9 Å². The highest BCUT2D eigenvalue weighted by molar-refractivity contribution is 5.98. The van der Waals surface area contributed by atoms with E-state index in [4.69, 9.17) is 0 Å². The van der Waals surface area contributed by atoms with Crippen LogP contribution in [0.4, 0.5) is 0 Å². The van der Waals surface area contributed by atoms with E-state index in [1.165, 1.54) is 12.8 Å². The third kappa shape index (κ3) is 2.53. The van der Waals surface area contributed by atoms with E-state index in [1.54, 1.807) is 0 Å². The molecule has 1 aromatic heterocycles. The van der Waals surface area contributed by atoms with Gasteiger partial charge in [0.05, 0.1) is 12.1 Å². The first-order chi connectivity index (χ1) is 12.2. The topological polar surface area (TPSA) is 56.4 Å². The number of carbonyl (C=O) groups is 2. The predicted molar refractivity (Wildman–Crippen MR) is 95.2 cm³/mol. The molecule has 25 heavy (non-hydrogen) atoms. The van der Waals surface area contributed by atoms with Crippen LogP contribution in [0, 0.1) is 5.92 Å². The number of rotatable bonds is 3. The van der Waals surface area contributed by atoms with Gasteiger partial charge < -0.3 is 14.8 Å². The molecule has 0 radical (unpaired) electrons. The lowest BCUT2D eigenvalue weighted by Gasteiger charge is -2.40.